The molecule has 3 aromatic rings. The van der Waals surface area contributed by atoms with Gasteiger partial charge < -0.3 is 15.0 Å². The monoisotopic (exact) mass is 378 g/mol. The number of rotatable bonds is 6. The Morgan fingerprint density at radius 1 is 1.14 bits per heavy atom. The molecule has 146 valence electrons. The number of aromatic nitrogens is 4. The summed E-state index contributed by atoms with van der Waals surface area (Å²) in [6, 6.07) is 12.2. The van der Waals surface area contributed by atoms with Gasteiger partial charge >= 0.3 is 0 Å². The van der Waals surface area contributed by atoms with Crippen LogP contribution in [-0.2, 0) is 4.74 Å². The number of ether oxygens (including phenoxy) is 1. The molecule has 4 rings (SSSR count). The van der Waals surface area contributed by atoms with Gasteiger partial charge in [0.25, 0.3) is 0 Å². The van der Waals surface area contributed by atoms with Crippen molar-refractivity contribution in [3.8, 4) is 5.82 Å². The first-order chi connectivity index (χ1) is 13.7. The highest BCUT2D eigenvalue weighted by Crippen LogP contribution is 2.28. The second-order valence-electron chi connectivity index (χ2n) is 7.27. The van der Waals surface area contributed by atoms with E-state index in [-0.39, 0.29) is 0 Å². The summed E-state index contributed by atoms with van der Waals surface area (Å²) in [5.41, 5.74) is 3.44. The van der Waals surface area contributed by atoms with E-state index >= 15 is 0 Å². The van der Waals surface area contributed by atoms with Crippen molar-refractivity contribution in [1.82, 2.24) is 19.7 Å². The van der Waals surface area contributed by atoms with E-state index in [4.69, 9.17) is 4.74 Å². The molecule has 0 bridgehead atoms. The molecule has 0 saturated carbocycles. The highest BCUT2D eigenvalue weighted by molar-refractivity contribution is 5.64. The van der Waals surface area contributed by atoms with Gasteiger partial charge in [0, 0.05) is 44.4 Å². The first kappa shape index (κ1) is 18.4. The Morgan fingerprint density at radius 3 is 2.75 bits per heavy atom. The lowest BCUT2D eigenvalue weighted by atomic mass is 9.97. The molecule has 0 aliphatic carbocycles. The van der Waals surface area contributed by atoms with Crippen LogP contribution >= 0.6 is 0 Å². The number of benzene rings is 1. The summed E-state index contributed by atoms with van der Waals surface area (Å²) in [6.07, 6.45) is 5.75. The standard InChI is InChI=1S/C21H26N6O/c1-16-11-18(13-19(12-16)26-9-6-17(7-10-26)14-28-2)24-21-23-15-27(25-21)20-5-3-4-8-22-20/h3-5,8,11-13,15,17H,6-7,9-10,14H2,1-2H3,(H,24,25). The van der Waals surface area contributed by atoms with Gasteiger partial charge in [-0.05, 0) is 61.6 Å². The quantitative estimate of drug-likeness (QED) is 0.707. The van der Waals surface area contributed by atoms with E-state index in [0.717, 1.165) is 31.2 Å². The predicted molar refractivity (Wildman–Crippen MR) is 110 cm³/mol. The molecule has 3 heterocycles. The Kier molecular flexibility index (Phi) is 5.53. The Labute approximate surface area is 165 Å². The van der Waals surface area contributed by atoms with Gasteiger partial charge in [-0.15, -0.1) is 5.10 Å². The van der Waals surface area contributed by atoms with Crippen molar-refractivity contribution < 1.29 is 4.74 Å². The molecule has 7 heteroatoms. The van der Waals surface area contributed by atoms with Crippen molar-refractivity contribution in [2.45, 2.75) is 19.8 Å². The summed E-state index contributed by atoms with van der Waals surface area (Å²) in [5, 5.41) is 7.81. The molecule has 0 spiro atoms. The van der Waals surface area contributed by atoms with Crippen molar-refractivity contribution in [3.63, 3.8) is 0 Å². The molecule has 1 aliphatic rings. The number of piperidine rings is 1. The van der Waals surface area contributed by atoms with Crippen LogP contribution in [0.1, 0.15) is 18.4 Å². The third kappa shape index (κ3) is 4.31. The average Bonchev–Trinajstić information content (AvgIpc) is 3.17. The van der Waals surface area contributed by atoms with Crippen molar-refractivity contribution >= 4 is 17.3 Å². The minimum absolute atomic E-state index is 0.556. The zero-order valence-corrected chi connectivity index (χ0v) is 16.4. The minimum atomic E-state index is 0.556. The lowest BCUT2D eigenvalue weighted by Gasteiger charge is -2.33. The average molecular weight is 378 g/mol. The van der Waals surface area contributed by atoms with Crippen LogP contribution in [0.2, 0.25) is 0 Å². The number of hydrogen-bond donors (Lipinski definition) is 1. The Hall–Kier alpha value is -2.93. The van der Waals surface area contributed by atoms with Gasteiger partial charge in [-0.3, -0.25) is 0 Å². The topological polar surface area (TPSA) is 68.1 Å². The SMILES string of the molecule is COCC1CCN(c2cc(C)cc(Nc3ncn(-c4ccccn4)n3)c2)CC1. The number of aryl methyl sites for hydroxylation is 1. The van der Waals surface area contributed by atoms with Gasteiger partial charge in [-0.25, -0.2) is 9.67 Å². The Balaban J connectivity index is 1.47. The fraction of sp³-hybridized carbons (Fsp3) is 0.381. The molecule has 0 amide bonds. The molecular weight excluding hydrogens is 352 g/mol. The zero-order valence-electron chi connectivity index (χ0n) is 16.4. The number of hydrogen-bond acceptors (Lipinski definition) is 6. The number of nitrogens with one attached hydrogen (secondary N) is 1. The van der Waals surface area contributed by atoms with Crippen LogP contribution in [0.3, 0.4) is 0 Å². The number of nitrogens with zero attached hydrogens (tertiary/aromatic N) is 5. The lowest BCUT2D eigenvalue weighted by Crippen LogP contribution is -2.35. The molecule has 7 nitrogen and oxygen atoms in total. The van der Waals surface area contributed by atoms with Crippen LogP contribution in [0.25, 0.3) is 5.82 Å². The largest absolute Gasteiger partial charge is 0.384 e. The fourth-order valence-corrected chi connectivity index (χ4v) is 3.66. The van der Waals surface area contributed by atoms with Crippen molar-refractivity contribution in [2.24, 2.45) is 5.92 Å². The lowest BCUT2D eigenvalue weighted by molar-refractivity contribution is 0.139. The van der Waals surface area contributed by atoms with Crippen LogP contribution in [0.15, 0.2) is 48.9 Å². The first-order valence-corrected chi connectivity index (χ1v) is 9.67. The third-order valence-electron chi connectivity index (χ3n) is 5.08. The molecule has 0 unspecified atom stereocenters. The van der Waals surface area contributed by atoms with E-state index in [1.807, 2.05) is 18.2 Å². The highest BCUT2D eigenvalue weighted by Gasteiger charge is 2.20. The van der Waals surface area contributed by atoms with Gasteiger partial charge in [0.1, 0.15) is 6.33 Å². The minimum Gasteiger partial charge on any atom is -0.384 e. The maximum Gasteiger partial charge on any atom is 0.247 e. The normalized spacial score (nSPS) is 15.0. The van der Waals surface area contributed by atoms with E-state index in [0.29, 0.717) is 11.9 Å². The van der Waals surface area contributed by atoms with Crippen LogP contribution in [0, 0.1) is 12.8 Å². The molecular formula is C21H26N6O. The van der Waals surface area contributed by atoms with Crippen LogP contribution in [-0.4, -0.2) is 46.6 Å². The summed E-state index contributed by atoms with van der Waals surface area (Å²) in [5.74, 6) is 1.97. The fourth-order valence-electron chi connectivity index (χ4n) is 3.66. The highest BCUT2D eigenvalue weighted by atomic mass is 16.5. The van der Waals surface area contributed by atoms with E-state index in [1.165, 1.54) is 24.1 Å². The molecule has 28 heavy (non-hydrogen) atoms. The van der Waals surface area contributed by atoms with Gasteiger partial charge in [-0.1, -0.05) is 6.07 Å². The molecule has 1 fully saturated rings. The Bertz CT molecular complexity index is 902. The molecule has 0 atom stereocenters. The summed E-state index contributed by atoms with van der Waals surface area (Å²) in [7, 11) is 1.79. The number of anilines is 3. The second kappa shape index (κ2) is 8.39. The van der Waals surface area contributed by atoms with Gasteiger partial charge in [0.2, 0.25) is 5.95 Å². The zero-order chi connectivity index (χ0) is 19.3. The van der Waals surface area contributed by atoms with Gasteiger partial charge in [-0.2, -0.15) is 4.98 Å². The van der Waals surface area contributed by atoms with E-state index in [2.05, 4.69) is 50.4 Å². The molecule has 1 aliphatic heterocycles. The van der Waals surface area contributed by atoms with E-state index < -0.39 is 0 Å². The van der Waals surface area contributed by atoms with Crippen molar-refractivity contribution in [1.29, 1.82) is 0 Å². The van der Waals surface area contributed by atoms with Crippen LogP contribution < -0.4 is 10.2 Å². The second-order valence-corrected chi connectivity index (χ2v) is 7.27. The molecule has 1 N–H and O–H groups in total. The maximum absolute atomic E-state index is 5.31. The van der Waals surface area contributed by atoms with Gasteiger partial charge in [0.15, 0.2) is 5.82 Å². The van der Waals surface area contributed by atoms with E-state index in [9.17, 15) is 0 Å². The molecule has 1 saturated heterocycles. The number of pyridine rings is 1. The van der Waals surface area contributed by atoms with Crippen molar-refractivity contribution in [2.75, 3.05) is 37.0 Å². The number of methoxy groups -OCH3 is 1. The predicted octanol–water partition coefficient (Wildman–Crippen LogP) is 3.58. The summed E-state index contributed by atoms with van der Waals surface area (Å²) in [6.45, 7) is 5.10. The van der Waals surface area contributed by atoms with Crippen LogP contribution in [0.4, 0.5) is 17.3 Å². The van der Waals surface area contributed by atoms with Crippen molar-refractivity contribution in [3.05, 3.63) is 54.5 Å². The summed E-state index contributed by atoms with van der Waals surface area (Å²) < 4.78 is 6.98. The first-order valence-electron chi connectivity index (χ1n) is 9.67. The molecule has 1 aromatic carbocycles. The van der Waals surface area contributed by atoms with E-state index in [1.54, 1.807) is 24.3 Å². The Morgan fingerprint density at radius 2 is 2.00 bits per heavy atom. The van der Waals surface area contributed by atoms with Crippen LogP contribution in [0.5, 0.6) is 0 Å². The summed E-state index contributed by atoms with van der Waals surface area (Å²) in [4.78, 5) is 11.1. The smallest absolute Gasteiger partial charge is 0.247 e. The maximum atomic E-state index is 5.31. The summed E-state index contributed by atoms with van der Waals surface area (Å²) >= 11 is 0. The molecule has 0 radical (unpaired) electrons. The third-order valence-corrected chi connectivity index (χ3v) is 5.08. The molecule has 2 aromatic heterocycles. The van der Waals surface area contributed by atoms with Gasteiger partial charge in [0.05, 0.1) is 0 Å².